The molecule has 0 saturated carbocycles. The lowest BCUT2D eigenvalue weighted by Gasteiger charge is -2.23. The molecule has 46 heavy (non-hydrogen) atoms. The Morgan fingerprint density at radius 2 is 1.59 bits per heavy atom. The van der Waals surface area contributed by atoms with E-state index in [-0.39, 0.29) is 45.9 Å². The topological polar surface area (TPSA) is 216 Å². The maximum atomic E-state index is 13.5. The minimum absolute atomic E-state index is 0.122. The van der Waals surface area contributed by atoms with E-state index in [1.54, 1.807) is 24.3 Å². The first-order chi connectivity index (χ1) is 22.4. The lowest BCUT2D eigenvalue weighted by Crippen LogP contribution is -2.54. The number of ether oxygens (including phenoxy) is 2. The third kappa shape index (κ3) is 16.0. The number of rotatable bonds is 23. The predicted octanol–water partition coefficient (Wildman–Crippen LogP) is 1.18. The zero-order valence-electron chi connectivity index (χ0n) is 26.1. The Labute approximate surface area is 268 Å². The second kappa shape index (κ2) is 22.9. The van der Waals surface area contributed by atoms with Gasteiger partial charge in [0.1, 0.15) is 25.3 Å². The Morgan fingerprint density at radius 1 is 0.848 bits per heavy atom. The van der Waals surface area contributed by atoms with Gasteiger partial charge >= 0.3 is 0 Å². The van der Waals surface area contributed by atoms with E-state index in [1.807, 2.05) is 37.4 Å². The van der Waals surface area contributed by atoms with Crippen molar-refractivity contribution in [3.05, 3.63) is 76.2 Å². The molecule has 15 nitrogen and oxygen atoms in total. The Balaban J connectivity index is 1.98. The van der Waals surface area contributed by atoms with Crippen molar-refractivity contribution < 1.29 is 33.8 Å². The molecule has 0 saturated heterocycles. The minimum Gasteiger partial charge on any atom is -0.392 e. The second-order valence-corrected chi connectivity index (χ2v) is 10.2. The number of carbonyl (C=O) groups excluding carboxylic acids is 4. The maximum Gasteiger partial charge on any atom is 0.246 e. The number of carbonyl (C=O) groups is 4. The molecule has 2 atom stereocenters. The van der Waals surface area contributed by atoms with Crippen LogP contribution in [0.5, 0.6) is 0 Å². The summed E-state index contributed by atoms with van der Waals surface area (Å²) in [6, 6.07) is 14.0. The van der Waals surface area contributed by atoms with Gasteiger partial charge in [0.15, 0.2) is 0 Å². The van der Waals surface area contributed by atoms with E-state index < -0.39 is 42.3 Å². The summed E-state index contributed by atoms with van der Waals surface area (Å²) in [6.07, 6.45) is 1.99. The van der Waals surface area contributed by atoms with Gasteiger partial charge in [0.25, 0.3) is 0 Å². The molecule has 4 amide bonds. The summed E-state index contributed by atoms with van der Waals surface area (Å²) in [7, 11) is 1.84. The van der Waals surface area contributed by atoms with E-state index in [4.69, 9.17) is 15.0 Å². The zero-order chi connectivity index (χ0) is 33.4. The van der Waals surface area contributed by atoms with Crippen LogP contribution in [-0.4, -0.2) is 93.9 Å². The number of hydrogen-bond donors (Lipinski definition) is 6. The van der Waals surface area contributed by atoms with Crippen LogP contribution in [0.2, 0.25) is 0 Å². The van der Waals surface area contributed by atoms with Gasteiger partial charge in [-0.3, -0.25) is 19.2 Å². The molecule has 0 bridgehead atoms. The van der Waals surface area contributed by atoms with E-state index in [0.717, 1.165) is 18.5 Å². The van der Waals surface area contributed by atoms with E-state index in [2.05, 4.69) is 36.6 Å². The summed E-state index contributed by atoms with van der Waals surface area (Å²) in [5, 5.41) is 26.6. The molecule has 0 aromatic heterocycles. The fourth-order valence-electron chi connectivity index (χ4n) is 4.21. The lowest BCUT2D eigenvalue weighted by molar-refractivity contribution is -0.134. The van der Waals surface area contributed by atoms with E-state index in [0.29, 0.717) is 24.1 Å². The number of hydrogen-bond acceptors (Lipinski definition) is 9. The Morgan fingerprint density at radius 3 is 2.28 bits per heavy atom. The largest absolute Gasteiger partial charge is 0.392 e. The van der Waals surface area contributed by atoms with Crippen molar-refractivity contribution >= 4 is 29.3 Å². The standard InChI is InChI=1S/C31H44N8O7/c1-33-14-6-5-9-26(30(43)36-25-12-10-24(20-40)11-13-25)38-31(44)27(19-23-7-3-2-4-8-23)37-29(42)22-46-21-28(41)34-15-17-45-18-16-35-39-32/h2-4,7-8,10-13,26-27,33,40H,5-6,9,14-22H2,1H3,(H,34,41)(H,36,43)(H,37,42)(H,38,44). The number of aliphatic hydroxyl groups is 1. The average molecular weight is 641 g/mol. The van der Waals surface area contributed by atoms with Crippen molar-refractivity contribution in [2.45, 2.75) is 44.4 Å². The molecule has 2 aromatic rings. The molecule has 0 fully saturated rings. The monoisotopic (exact) mass is 640 g/mol. The molecular weight excluding hydrogens is 596 g/mol. The van der Waals surface area contributed by atoms with Gasteiger partial charge in [0, 0.05) is 30.1 Å². The predicted molar refractivity (Wildman–Crippen MR) is 171 cm³/mol. The van der Waals surface area contributed by atoms with Crippen LogP contribution in [0.1, 0.15) is 30.4 Å². The average Bonchev–Trinajstić information content (AvgIpc) is 3.06. The Bertz CT molecular complexity index is 1260. The van der Waals surface area contributed by atoms with Gasteiger partial charge in [-0.25, -0.2) is 0 Å². The summed E-state index contributed by atoms with van der Waals surface area (Å²) in [5.74, 6) is -2.01. The summed E-state index contributed by atoms with van der Waals surface area (Å²) in [5.41, 5.74) is 10.2. The van der Waals surface area contributed by atoms with Crippen molar-refractivity contribution in [2.75, 3.05) is 58.4 Å². The Kier molecular flexibility index (Phi) is 18.7. The van der Waals surface area contributed by atoms with E-state index >= 15 is 0 Å². The number of azide groups is 1. The van der Waals surface area contributed by atoms with Crippen LogP contribution in [0.3, 0.4) is 0 Å². The molecule has 0 heterocycles. The van der Waals surface area contributed by atoms with Crippen LogP contribution >= 0.6 is 0 Å². The summed E-state index contributed by atoms with van der Waals surface area (Å²) >= 11 is 0. The number of nitrogens with zero attached hydrogens (tertiary/aromatic N) is 3. The van der Waals surface area contributed by atoms with Crippen molar-refractivity contribution in [1.29, 1.82) is 0 Å². The van der Waals surface area contributed by atoms with Gasteiger partial charge in [-0.15, -0.1) is 0 Å². The Hall–Kier alpha value is -4.53. The van der Waals surface area contributed by atoms with Crippen LogP contribution in [0.15, 0.2) is 59.7 Å². The fourth-order valence-corrected chi connectivity index (χ4v) is 4.21. The van der Waals surface area contributed by atoms with Crippen LogP contribution in [0.4, 0.5) is 5.69 Å². The number of amides is 4. The number of anilines is 1. The highest BCUT2D eigenvalue weighted by molar-refractivity contribution is 5.98. The maximum absolute atomic E-state index is 13.5. The molecule has 2 unspecified atom stereocenters. The van der Waals surface area contributed by atoms with Crippen molar-refractivity contribution in [3.63, 3.8) is 0 Å². The third-order valence-electron chi connectivity index (χ3n) is 6.57. The first-order valence-corrected chi connectivity index (χ1v) is 15.1. The van der Waals surface area contributed by atoms with E-state index in [9.17, 15) is 24.3 Å². The SMILES string of the molecule is CNCCCCC(NC(=O)C(Cc1ccccc1)NC(=O)COCC(=O)NCCOCCN=[N+]=[N-])C(=O)Nc1ccc(CO)cc1. The summed E-state index contributed by atoms with van der Waals surface area (Å²) in [4.78, 5) is 54.2. The molecule has 2 rings (SSSR count). The van der Waals surface area contributed by atoms with Crippen LogP contribution in [-0.2, 0) is 41.7 Å². The molecule has 250 valence electrons. The first kappa shape index (κ1) is 37.7. The van der Waals surface area contributed by atoms with Gasteiger partial charge in [-0.1, -0.05) is 47.6 Å². The van der Waals surface area contributed by atoms with Crippen molar-refractivity contribution in [3.8, 4) is 0 Å². The zero-order valence-corrected chi connectivity index (χ0v) is 26.1. The number of nitrogens with one attached hydrogen (secondary N) is 5. The highest BCUT2D eigenvalue weighted by Crippen LogP contribution is 2.12. The van der Waals surface area contributed by atoms with E-state index in [1.165, 1.54) is 0 Å². The molecule has 0 radical (unpaired) electrons. The molecule has 0 aliphatic heterocycles. The first-order valence-electron chi connectivity index (χ1n) is 15.1. The summed E-state index contributed by atoms with van der Waals surface area (Å²) in [6.45, 7) is 0.634. The highest BCUT2D eigenvalue weighted by atomic mass is 16.5. The van der Waals surface area contributed by atoms with Crippen molar-refractivity contribution in [2.24, 2.45) is 5.11 Å². The second-order valence-electron chi connectivity index (χ2n) is 10.2. The van der Waals surface area contributed by atoms with Crippen molar-refractivity contribution in [1.82, 2.24) is 21.3 Å². The smallest absolute Gasteiger partial charge is 0.246 e. The van der Waals surface area contributed by atoms with Gasteiger partial charge in [-0.05, 0) is 61.6 Å². The molecule has 0 aliphatic rings. The van der Waals surface area contributed by atoms with Gasteiger partial charge in [0.2, 0.25) is 23.6 Å². The fraction of sp³-hybridized carbons (Fsp3) is 0.484. The molecule has 2 aromatic carbocycles. The molecule has 0 spiro atoms. The lowest BCUT2D eigenvalue weighted by atomic mass is 10.0. The van der Waals surface area contributed by atoms with Gasteiger partial charge in [0.05, 0.1) is 19.8 Å². The number of aliphatic hydroxyl groups excluding tert-OH is 1. The molecule has 15 heteroatoms. The molecule has 0 aliphatic carbocycles. The van der Waals surface area contributed by atoms with Gasteiger partial charge in [-0.2, -0.15) is 0 Å². The normalized spacial score (nSPS) is 11.9. The van der Waals surface area contributed by atoms with Crippen LogP contribution in [0, 0.1) is 0 Å². The number of unbranched alkanes of at least 4 members (excludes halogenated alkanes) is 1. The van der Waals surface area contributed by atoms with Crippen LogP contribution < -0.4 is 26.6 Å². The molecular formula is C31H44N8O7. The van der Waals surface area contributed by atoms with Gasteiger partial charge < -0.3 is 41.2 Å². The van der Waals surface area contributed by atoms with Crippen LogP contribution in [0.25, 0.3) is 10.4 Å². The highest BCUT2D eigenvalue weighted by Gasteiger charge is 2.27. The third-order valence-corrected chi connectivity index (χ3v) is 6.57. The quantitative estimate of drug-likeness (QED) is 0.0448. The summed E-state index contributed by atoms with van der Waals surface area (Å²) < 4.78 is 10.4. The minimum atomic E-state index is -1.02. The molecule has 6 N–H and O–H groups in total. The number of benzene rings is 2.